The molecule has 4 rings (SSSR count). The Morgan fingerprint density at radius 2 is 1.92 bits per heavy atom. The molecule has 3 aromatic heterocycles. The smallest absolute Gasteiger partial charge is 0.162 e. The van der Waals surface area contributed by atoms with Crippen molar-refractivity contribution in [1.29, 1.82) is 0 Å². The quantitative estimate of drug-likeness (QED) is 0.731. The summed E-state index contributed by atoms with van der Waals surface area (Å²) < 4.78 is 0. The van der Waals surface area contributed by atoms with Crippen LogP contribution in [-0.4, -0.2) is 36.4 Å². The molecule has 0 unspecified atom stereocenters. The van der Waals surface area contributed by atoms with E-state index in [4.69, 9.17) is 11.6 Å². The molecule has 0 aliphatic carbocycles. The maximum absolute atomic E-state index is 6.01. The summed E-state index contributed by atoms with van der Waals surface area (Å²) in [7, 11) is 0. The third-order valence-corrected chi connectivity index (χ3v) is 4.21. The predicted molar refractivity (Wildman–Crippen MR) is 90.1 cm³/mol. The molecule has 0 saturated heterocycles. The van der Waals surface area contributed by atoms with E-state index in [0.717, 1.165) is 48.4 Å². The van der Waals surface area contributed by atoms with E-state index in [1.807, 2.05) is 18.5 Å². The summed E-state index contributed by atoms with van der Waals surface area (Å²) in [6, 6.07) is 1.96. The molecule has 0 N–H and O–H groups in total. The van der Waals surface area contributed by atoms with E-state index in [2.05, 4.69) is 29.8 Å². The Kier molecular flexibility index (Phi) is 4.15. The minimum Gasteiger partial charge on any atom is -0.294 e. The van der Waals surface area contributed by atoms with Gasteiger partial charge in [-0.3, -0.25) is 9.88 Å². The van der Waals surface area contributed by atoms with Crippen LogP contribution in [0.25, 0.3) is 11.4 Å². The van der Waals surface area contributed by atoms with Crippen LogP contribution in [0.2, 0.25) is 5.02 Å². The van der Waals surface area contributed by atoms with Crippen LogP contribution in [-0.2, 0) is 19.5 Å². The second kappa shape index (κ2) is 6.59. The van der Waals surface area contributed by atoms with Crippen LogP contribution in [0.3, 0.4) is 0 Å². The van der Waals surface area contributed by atoms with E-state index in [-0.39, 0.29) is 0 Å². The molecule has 0 bridgehead atoms. The molecule has 0 atom stereocenters. The van der Waals surface area contributed by atoms with Crippen molar-refractivity contribution in [2.45, 2.75) is 19.5 Å². The molecule has 0 fully saturated rings. The molecular weight excluding hydrogens is 324 g/mol. The molecule has 1 aliphatic rings. The van der Waals surface area contributed by atoms with E-state index in [1.165, 1.54) is 6.33 Å². The summed E-state index contributed by atoms with van der Waals surface area (Å²) in [6.07, 6.45) is 11.3. The van der Waals surface area contributed by atoms with Crippen molar-refractivity contribution < 1.29 is 0 Å². The van der Waals surface area contributed by atoms with Crippen LogP contribution < -0.4 is 0 Å². The summed E-state index contributed by atoms with van der Waals surface area (Å²) in [5.74, 6) is 0.682. The molecule has 0 saturated carbocycles. The summed E-state index contributed by atoms with van der Waals surface area (Å²) >= 11 is 6.01. The summed E-state index contributed by atoms with van der Waals surface area (Å²) in [6.45, 7) is 2.59. The van der Waals surface area contributed by atoms with Gasteiger partial charge in [0.1, 0.15) is 6.33 Å². The van der Waals surface area contributed by atoms with Crippen molar-refractivity contribution >= 4 is 11.6 Å². The number of hydrogen-bond acceptors (Lipinski definition) is 6. The van der Waals surface area contributed by atoms with Crippen LogP contribution in [0.15, 0.2) is 43.4 Å². The molecule has 0 aromatic carbocycles. The zero-order valence-electron chi connectivity index (χ0n) is 12.9. The van der Waals surface area contributed by atoms with Crippen molar-refractivity contribution in [3.8, 4) is 11.4 Å². The first-order chi connectivity index (χ1) is 11.8. The number of hydrogen-bond donors (Lipinski definition) is 0. The van der Waals surface area contributed by atoms with Crippen molar-refractivity contribution in [3.63, 3.8) is 0 Å². The summed E-state index contributed by atoms with van der Waals surface area (Å²) in [5, 5.41) is 0.669. The van der Waals surface area contributed by atoms with Gasteiger partial charge in [-0.05, 0) is 11.6 Å². The molecule has 0 spiro atoms. The minimum atomic E-state index is 0.669. The number of nitrogens with zero attached hydrogens (tertiary/aromatic N) is 6. The maximum atomic E-state index is 6.01. The maximum Gasteiger partial charge on any atom is 0.162 e. The predicted octanol–water partition coefficient (Wildman–Crippen LogP) is 2.54. The van der Waals surface area contributed by atoms with Crippen molar-refractivity contribution in [2.24, 2.45) is 0 Å². The van der Waals surface area contributed by atoms with Crippen molar-refractivity contribution in [1.82, 2.24) is 29.8 Å². The van der Waals surface area contributed by atoms with Gasteiger partial charge in [-0.25, -0.2) is 19.9 Å². The zero-order valence-corrected chi connectivity index (χ0v) is 13.7. The third-order valence-electron chi connectivity index (χ3n) is 4.00. The molecule has 0 radical (unpaired) electrons. The molecule has 1 aliphatic heterocycles. The molecular formula is C17H15ClN6. The topological polar surface area (TPSA) is 67.7 Å². The second-order valence-corrected chi connectivity index (χ2v) is 6.20. The number of rotatable bonds is 3. The van der Waals surface area contributed by atoms with Gasteiger partial charge in [-0.1, -0.05) is 11.6 Å². The minimum absolute atomic E-state index is 0.669. The first-order valence-corrected chi connectivity index (χ1v) is 8.08. The van der Waals surface area contributed by atoms with E-state index in [1.54, 1.807) is 18.6 Å². The summed E-state index contributed by atoms with van der Waals surface area (Å²) in [4.78, 5) is 23.7. The second-order valence-electron chi connectivity index (χ2n) is 5.76. The fraction of sp³-hybridized carbons (Fsp3) is 0.235. The normalized spacial score (nSPS) is 14.4. The van der Waals surface area contributed by atoms with Gasteiger partial charge >= 0.3 is 0 Å². The lowest BCUT2D eigenvalue weighted by Crippen LogP contribution is -2.31. The lowest BCUT2D eigenvalue weighted by Gasteiger charge is -2.28. The zero-order chi connectivity index (χ0) is 16.4. The number of pyridine rings is 1. The van der Waals surface area contributed by atoms with Gasteiger partial charge in [-0.2, -0.15) is 0 Å². The Hall–Kier alpha value is -2.44. The highest BCUT2D eigenvalue weighted by atomic mass is 35.5. The van der Waals surface area contributed by atoms with Gasteiger partial charge in [0.15, 0.2) is 5.82 Å². The van der Waals surface area contributed by atoms with Gasteiger partial charge in [0, 0.05) is 62.6 Å². The van der Waals surface area contributed by atoms with Crippen LogP contribution in [0.1, 0.15) is 16.8 Å². The Balaban J connectivity index is 1.52. The molecule has 120 valence electrons. The lowest BCUT2D eigenvalue weighted by molar-refractivity contribution is 0.242. The Labute approximate surface area is 144 Å². The molecule has 3 aromatic rings. The first kappa shape index (κ1) is 15.1. The van der Waals surface area contributed by atoms with Gasteiger partial charge in [0.25, 0.3) is 0 Å². The van der Waals surface area contributed by atoms with Gasteiger partial charge in [-0.15, -0.1) is 0 Å². The average Bonchev–Trinajstić information content (AvgIpc) is 2.62. The Morgan fingerprint density at radius 1 is 1.04 bits per heavy atom. The van der Waals surface area contributed by atoms with E-state index >= 15 is 0 Å². The standard InChI is InChI=1S/C17H15ClN6/c18-15-3-12(4-19-8-15)9-24-2-1-16-14(10-24)7-22-17(23-16)13-5-20-11-21-6-13/h3-8,11H,1-2,9-10H2. The van der Waals surface area contributed by atoms with Crippen molar-refractivity contribution in [2.75, 3.05) is 6.54 Å². The van der Waals surface area contributed by atoms with E-state index in [9.17, 15) is 0 Å². The highest BCUT2D eigenvalue weighted by molar-refractivity contribution is 6.30. The largest absolute Gasteiger partial charge is 0.294 e. The SMILES string of the molecule is Clc1cncc(CN2CCc3nc(-c4cncnc4)ncc3C2)c1. The number of halogens is 1. The van der Waals surface area contributed by atoms with Crippen molar-refractivity contribution in [3.05, 3.63) is 65.2 Å². The average molecular weight is 339 g/mol. The lowest BCUT2D eigenvalue weighted by atomic mass is 10.1. The number of aromatic nitrogens is 5. The Morgan fingerprint density at radius 3 is 2.75 bits per heavy atom. The summed E-state index contributed by atoms with van der Waals surface area (Å²) in [5.41, 5.74) is 4.22. The first-order valence-electron chi connectivity index (χ1n) is 7.70. The van der Waals surface area contributed by atoms with E-state index in [0.29, 0.717) is 10.8 Å². The molecule has 6 nitrogen and oxygen atoms in total. The Bertz CT molecular complexity index is 855. The van der Waals surface area contributed by atoms with Crippen LogP contribution in [0.5, 0.6) is 0 Å². The molecule has 0 amide bonds. The highest BCUT2D eigenvalue weighted by Crippen LogP contribution is 2.21. The van der Waals surface area contributed by atoms with Crippen LogP contribution in [0.4, 0.5) is 0 Å². The van der Waals surface area contributed by atoms with Gasteiger partial charge in [0.2, 0.25) is 0 Å². The molecule has 7 heteroatoms. The number of fused-ring (bicyclic) bond motifs is 1. The van der Waals surface area contributed by atoms with Gasteiger partial charge in [0.05, 0.1) is 16.3 Å². The molecule has 4 heterocycles. The van der Waals surface area contributed by atoms with Crippen LogP contribution in [0, 0.1) is 0 Å². The highest BCUT2D eigenvalue weighted by Gasteiger charge is 2.19. The fourth-order valence-corrected chi connectivity index (χ4v) is 3.06. The fourth-order valence-electron chi connectivity index (χ4n) is 2.86. The van der Waals surface area contributed by atoms with Gasteiger partial charge < -0.3 is 0 Å². The van der Waals surface area contributed by atoms with E-state index < -0.39 is 0 Å². The third kappa shape index (κ3) is 3.25. The van der Waals surface area contributed by atoms with Crippen LogP contribution >= 0.6 is 11.6 Å². The molecule has 24 heavy (non-hydrogen) atoms. The monoisotopic (exact) mass is 338 g/mol.